The summed E-state index contributed by atoms with van der Waals surface area (Å²) in [4.78, 5) is 0. The monoisotopic (exact) mass is 374 g/mol. The number of ether oxygens (including phenoxy) is 1. The van der Waals surface area contributed by atoms with E-state index in [0.29, 0.717) is 12.1 Å². The number of hydrogen-bond acceptors (Lipinski definition) is 4. The van der Waals surface area contributed by atoms with Crippen molar-refractivity contribution in [2.45, 2.75) is 88.5 Å². The zero-order valence-corrected chi connectivity index (χ0v) is 17.4. The van der Waals surface area contributed by atoms with E-state index >= 15 is 0 Å². The van der Waals surface area contributed by atoms with E-state index in [1.165, 1.54) is 36.8 Å². The molecule has 4 heteroatoms. The molecule has 0 amide bonds. The fourth-order valence-electron chi connectivity index (χ4n) is 5.13. The molecule has 2 saturated heterocycles. The van der Waals surface area contributed by atoms with Gasteiger partial charge in [-0.25, -0.2) is 0 Å². The molecule has 0 saturated carbocycles. The summed E-state index contributed by atoms with van der Waals surface area (Å²) in [5, 5.41) is 17.6. The molecule has 3 aliphatic rings. The number of aliphatic hydroxyl groups is 1. The molecule has 3 unspecified atom stereocenters. The summed E-state index contributed by atoms with van der Waals surface area (Å²) in [6.07, 6.45) is 8.87. The second kappa shape index (κ2) is 9.04. The molecule has 27 heavy (non-hydrogen) atoms. The van der Waals surface area contributed by atoms with Crippen molar-refractivity contribution in [3.05, 3.63) is 35.4 Å². The van der Waals surface area contributed by atoms with Gasteiger partial charge in [0.1, 0.15) is 0 Å². The summed E-state index contributed by atoms with van der Waals surface area (Å²) in [5.74, 6) is 0. The van der Waals surface area contributed by atoms with Crippen LogP contribution in [-0.2, 0) is 17.6 Å². The topological polar surface area (TPSA) is 53.5 Å². The van der Waals surface area contributed by atoms with Crippen LogP contribution >= 0.6 is 0 Å². The van der Waals surface area contributed by atoms with Crippen molar-refractivity contribution in [3.63, 3.8) is 0 Å². The van der Waals surface area contributed by atoms with E-state index in [0.717, 1.165) is 38.8 Å². The van der Waals surface area contributed by atoms with Crippen molar-refractivity contribution in [3.8, 4) is 0 Å². The molecule has 2 aliphatic heterocycles. The first-order valence-corrected chi connectivity index (χ1v) is 10.8. The maximum absolute atomic E-state index is 10.6. The Morgan fingerprint density at radius 2 is 1.74 bits per heavy atom. The van der Waals surface area contributed by atoms with E-state index in [2.05, 4.69) is 48.7 Å². The van der Waals surface area contributed by atoms with Crippen molar-refractivity contribution in [1.82, 2.24) is 10.6 Å². The molecular weight excluding hydrogens is 336 g/mol. The van der Waals surface area contributed by atoms with Gasteiger partial charge in [0.05, 0.1) is 11.2 Å². The van der Waals surface area contributed by atoms with Gasteiger partial charge in [-0.15, -0.1) is 0 Å². The fraction of sp³-hybridized carbons (Fsp3) is 0.739. The predicted octanol–water partition coefficient (Wildman–Crippen LogP) is 3.21. The molecule has 1 aliphatic carbocycles. The molecule has 0 aromatic heterocycles. The van der Waals surface area contributed by atoms with Crippen molar-refractivity contribution in [2.24, 2.45) is 0 Å². The van der Waals surface area contributed by atoms with Crippen LogP contribution in [0.2, 0.25) is 0 Å². The highest BCUT2D eigenvalue weighted by atomic mass is 16.5. The van der Waals surface area contributed by atoms with Crippen LogP contribution in [0.1, 0.15) is 63.5 Å². The summed E-state index contributed by atoms with van der Waals surface area (Å²) < 4.78 is 5.60. The number of rotatable bonds is 5. The average molecular weight is 375 g/mol. The molecular formula is C23H38N2O2. The summed E-state index contributed by atoms with van der Waals surface area (Å²) in [5.41, 5.74) is 2.19. The Morgan fingerprint density at radius 3 is 2.22 bits per heavy atom. The normalized spacial score (nSPS) is 28.3. The standard InChI is InChI=1S/C13H17NO.C10H21NO/c15-13(12-6-3-7-14-12)8-10-4-1-2-5-11(10)9-13;1-4-7-10(2,12-3)9-6-5-8-11-9/h1-2,4-5,12,14-15H,3,6-9H2;9,11H,4-8H2,1-3H3. The maximum Gasteiger partial charge on any atom is 0.0880 e. The van der Waals surface area contributed by atoms with Gasteiger partial charge in [0.2, 0.25) is 0 Å². The van der Waals surface area contributed by atoms with Gasteiger partial charge >= 0.3 is 0 Å². The van der Waals surface area contributed by atoms with Gasteiger partial charge in [0, 0.05) is 32.0 Å². The Bertz CT molecular complexity index is 569. The number of methoxy groups -OCH3 is 1. The molecule has 3 atom stereocenters. The molecule has 0 radical (unpaired) electrons. The number of hydrogen-bond donors (Lipinski definition) is 3. The van der Waals surface area contributed by atoms with Gasteiger partial charge in [-0.3, -0.25) is 0 Å². The minimum absolute atomic E-state index is 0.0608. The minimum Gasteiger partial charge on any atom is -0.388 e. The number of benzene rings is 1. The minimum atomic E-state index is -0.528. The highest BCUT2D eigenvalue weighted by Gasteiger charge is 2.42. The molecule has 152 valence electrons. The third-order valence-corrected chi connectivity index (χ3v) is 6.83. The first kappa shape index (κ1) is 20.8. The Morgan fingerprint density at radius 1 is 1.11 bits per heavy atom. The zero-order chi connectivity index (χ0) is 19.3. The second-order valence-electron chi connectivity index (χ2n) is 8.79. The molecule has 4 nitrogen and oxygen atoms in total. The fourth-order valence-corrected chi connectivity index (χ4v) is 5.13. The van der Waals surface area contributed by atoms with E-state index < -0.39 is 5.60 Å². The van der Waals surface area contributed by atoms with E-state index in [1.807, 2.05) is 7.11 Å². The molecule has 0 bridgehead atoms. The number of nitrogens with one attached hydrogen (secondary N) is 2. The molecule has 2 fully saturated rings. The molecule has 4 rings (SSSR count). The highest BCUT2D eigenvalue weighted by Crippen LogP contribution is 2.35. The van der Waals surface area contributed by atoms with Crippen LogP contribution in [0.5, 0.6) is 0 Å². The summed E-state index contributed by atoms with van der Waals surface area (Å²) in [6.45, 7) is 6.66. The Labute approximate surface area is 165 Å². The van der Waals surface area contributed by atoms with Gasteiger partial charge in [0.15, 0.2) is 0 Å². The Balaban J connectivity index is 0.000000161. The van der Waals surface area contributed by atoms with Crippen LogP contribution in [0, 0.1) is 0 Å². The second-order valence-corrected chi connectivity index (χ2v) is 8.79. The highest BCUT2D eigenvalue weighted by molar-refractivity contribution is 5.36. The lowest BCUT2D eigenvalue weighted by Gasteiger charge is -2.34. The van der Waals surface area contributed by atoms with Crippen LogP contribution in [0.4, 0.5) is 0 Å². The largest absolute Gasteiger partial charge is 0.388 e. The van der Waals surface area contributed by atoms with Gasteiger partial charge in [0.25, 0.3) is 0 Å². The van der Waals surface area contributed by atoms with E-state index in [4.69, 9.17) is 4.74 Å². The first-order chi connectivity index (χ1) is 13.0. The zero-order valence-electron chi connectivity index (χ0n) is 17.4. The van der Waals surface area contributed by atoms with Gasteiger partial charge in [-0.2, -0.15) is 0 Å². The third kappa shape index (κ3) is 4.73. The molecule has 0 spiro atoms. The van der Waals surface area contributed by atoms with Crippen LogP contribution in [0.3, 0.4) is 0 Å². The van der Waals surface area contributed by atoms with Gasteiger partial charge in [-0.1, -0.05) is 37.6 Å². The van der Waals surface area contributed by atoms with Gasteiger partial charge in [-0.05, 0) is 63.2 Å². The first-order valence-electron chi connectivity index (χ1n) is 10.8. The van der Waals surface area contributed by atoms with E-state index in [9.17, 15) is 5.11 Å². The lowest BCUT2D eigenvalue weighted by molar-refractivity contribution is -0.0280. The van der Waals surface area contributed by atoms with Crippen molar-refractivity contribution in [2.75, 3.05) is 20.2 Å². The van der Waals surface area contributed by atoms with Crippen molar-refractivity contribution in [1.29, 1.82) is 0 Å². The molecule has 3 N–H and O–H groups in total. The average Bonchev–Trinajstić information content (AvgIpc) is 3.41. The smallest absolute Gasteiger partial charge is 0.0880 e. The lowest BCUT2D eigenvalue weighted by atomic mass is 9.90. The van der Waals surface area contributed by atoms with Crippen molar-refractivity contribution < 1.29 is 9.84 Å². The molecule has 1 aromatic carbocycles. The predicted molar refractivity (Wildman–Crippen MR) is 111 cm³/mol. The summed E-state index contributed by atoms with van der Waals surface area (Å²) >= 11 is 0. The summed E-state index contributed by atoms with van der Waals surface area (Å²) in [7, 11) is 1.83. The van der Waals surface area contributed by atoms with E-state index in [1.54, 1.807) is 0 Å². The number of fused-ring (bicyclic) bond motifs is 1. The SMILES string of the molecule is CCCC(C)(OC)C1CCCN1.OC1(C2CCCN2)Cc2ccccc2C1. The third-order valence-electron chi connectivity index (χ3n) is 6.83. The quantitative estimate of drug-likeness (QED) is 0.741. The van der Waals surface area contributed by atoms with Gasteiger partial charge < -0.3 is 20.5 Å². The van der Waals surface area contributed by atoms with Crippen LogP contribution in [0.25, 0.3) is 0 Å². The van der Waals surface area contributed by atoms with Crippen LogP contribution < -0.4 is 10.6 Å². The maximum atomic E-state index is 10.6. The summed E-state index contributed by atoms with van der Waals surface area (Å²) in [6, 6.07) is 9.27. The lowest BCUT2D eigenvalue weighted by Crippen LogP contribution is -2.48. The van der Waals surface area contributed by atoms with Crippen LogP contribution in [-0.4, -0.2) is 48.6 Å². The van der Waals surface area contributed by atoms with E-state index in [-0.39, 0.29) is 5.60 Å². The van der Waals surface area contributed by atoms with Crippen LogP contribution in [0.15, 0.2) is 24.3 Å². The molecule has 1 aromatic rings. The molecule has 2 heterocycles. The van der Waals surface area contributed by atoms with Crippen molar-refractivity contribution >= 4 is 0 Å². The Kier molecular flexibility index (Phi) is 6.96. The Hall–Kier alpha value is -0.940.